The number of hydrogen-bond acceptors (Lipinski definition) is 4. The lowest BCUT2D eigenvalue weighted by molar-refractivity contribution is -0.00959. The van der Waals surface area contributed by atoms with Gasteiger partial charge in [-0.15, -0.1) is 0 Å². The molecule has 1 aromatic carbocycles. The molecular formula is C13H15F2NO3S. The molecule has 1 saturated heterocycles. The van der Waals surface area contributed by atoms with E-state index in [-0.39, 0.29) is 16.5 Å². The maximum atomic E-state index is 12.7. The number of halogens is 2. The highest BCUT2D eigenvalue weighted by Crippen LogP contribution is 2.46. The average molecular weight is 303 g/mol. The Labute approximate surface area is 115 Å². The topological polar surface area (TPSA) is 57.6 Å². The number of para-hydroxylation sites is 1. The molecule has 2 aliphatic rings. The first-order valence-electron chi connectivity index (χ1n) is 6.43. The van der Waals surface area contributed by atoms with E-state index in [0.29, 0.717) is 13.1 Å². The van der Waals surface area contributed by atoms with Gasteiger partial charge in [0.1, 0.15) is 5.60 Å². The Kier molecular flexibility index (Phi) is 3.02. The molecule has 1 aromatic rings. The number of alkyl halides is 2. The number of anilines is 1. The first-order chi connectivity index (χ1) is 9.34. The smallest absolute Gasteiger partial charge is 0.341 e. The van der Waals surface area contributed by atoms with Gasteiger partial charge in [0.25, 0.3) is 0 Å². The normalized spacial score (nSPS) is 21.9. The Bertz CT molecular complexity index is 622. The number of β-amino-alcohol motifs (C(OH)–C–C–N with tert-alkyl or cyclic N) is 1. The molecule has 0 aromatic heterocycles. The predicted molar refractivity (Wildman–Crippen MR) is 69.5 cm³/mol. The summed E-state index contributed by atoms with van der Waals surface area (Å²) in [6.07, 6.45) is 1.95. The molecule has 1 aliphatic carbocycles. The minimum Gasteiger partial charge on any atom is -0.386 e. The second-order valence-corrected chi connectivity index (χ2v) is 7.39. The quantitative estimate of drug-likeness (QED) is 0.919. The highest BCUT2D eigenvalue weighted by molar-refractivity contribution is 7.91. The second-order valence-electron chi connectivity index (χ2n) is 5.51. The van der Waals surface area contributed by atoms with Crippen molar-refractivity contribution in [3.8, 4) is 0 Å². The number of aliphatic hydroxyl groups is 1. The summed E-state index contributed by atoms with van der Waals surface area (Å²) in [6.45, 7) is 0.598. The van der Waals surface area contributed by atoms with Crippen molar-refractivity contribution in [2.24, 2.45) is 5.92 Å². The van der Waals surface area contributed by atoms with Crippen molar-refractivity contribution < 1.29 is 22.3 Å². The molecule has 0 atom stereocenters. The summed E-state index contributed by atoms with van der Waals surface area (Å²) in [6, 6.07) is 5.72. The summed E-state index contributed by atoms with van der Waals surface area (Å²) >= 11 is 0. The van der Waals surface area contributed by atoms with Crippen LogP contribution in [0.3, 0.4) is 0 Å². The summed E-state index contributed by atoms with van der Waals surface area (Å²) in [5, 5.41) is 10.2. The largest absolute Gasteiger partial charge is 0.386 e. The molecule has 3 rings (SSSR count). The maximum absolute atomic E-state index is 12.7. The van der Waals surface area contributed by atoms with Gasteiger partial charge in [-0.1, -0.05) is 12.1 Å². The molecule has 0 amide bonds. The number of sulfone groups is 1. The van der Waals surface area contributed by atoms with Crippen molar-refractivity contribution in [3.05, 3.63) is 24.3 Å². The molecule has 1 aliphatic heterocycles. The lowest BCUT2D eigenvalue weighted by atomic mass is 9.88. The zero-order valence-corrected chi connectivity index (χ0v) is 11.5. The van der Waals surface area contributed by atoms with Gasteiger partial charge in [0.05, 0.1) is 10.6 Å². The Morgan fingerprint density at radius 3 is 2.40 bits per heavy atom. The van der Waals surface area contributed by atoms with E-state index >= 15 is 0 Å². The van der Waals surface area contributed by atoms with Crippen LogP contribution in [-0.4, -0.2) is 38.0 Å². The van der Waals surface area contributed by atoms with E-state index in [9.17, 15) is 22.3 Å². The van der Waals surface area contributed by atoms with Gasteiger partial charge in [0.15, 0.2) is 0 Å². The first kappa shape index (κ1) is 13.8. The molecule has 1 heterocycles. The third-order valence-electron chi connectivity index (χ3n) is 4.01. The van der Waals surface area contributed by atoms with Gasteiger partial charge in [0, 0.05) is 13.1 Å². The highest BCUT2D eigenvalue weighted by atomic mass is 32.2. The Hall–Kier alpha value is -1.21. The number of hydrogen-bond donors (Lipinski definition) is 1. The van der Waals surface area contributed by atoms with Crippen LogP contribution in [0.5, 0.6) is 0 Å². The van der Waals surface area contributed by atoms with Gasteiger partial charge in [-0.25, -0.2) is 8.42 Å². The molecule has 2 fully saturated rings. The lowest BCUT2D eigenvalue weighted by Crippen LogP contribution is -2.63. The van der Waals surface area contributed by atoms with Gasteiger partial charge in [0.2, 0.25) is 9.84 Å². The average Bonchev–Trinajstić information content (AvgIpc) is 3.19. The van der Waals surface area contributed by atoms with Crippen molar-refractivity contribution in [1.82, 2.24) is 0 Å². The van der Waals surface area contributed by atoms with Crippen LogP contribution in [0, 0.1) is 5.92 Å². The molecule has 20 heavy (non-hydrogen) atoms. The van der Waals surface area contributed by atoms with Crippen molar-refractivity contribution in [1.29, 1.82) is 0 Å². The SMILES string of the molecule is O=S(=O)(c1ccccc1N1CC(O)(C2CC2)C1)C(F)F. The molecule has 0 unspecified atom stereocenters. The van der Waals surface area contributed by atoms with Gasteiger partial charge in [-0.3, -0.25) is 0 Å². The van der Waals surface area contributed by atoms with Gasteiger partial charge < -0.3 is 10.0 Å². The molecule has 7 heteroatoms. The number of rotatable bonds is 4. The van der Waals surface area contributed by atoms with E-state index in [1.807, 2.05) is 0 Å². The summed E-state index contributed by atoms with van der Waals surface area (Å²) in [5.74, 6) is -3.18. The molecule has 0 spiro atoms. The molecule has 4 nitrogen and oxygen atoms in total. The predicted octanol–water partition coefficient (Wildman–Crippen LogP) is 1.64. The van der Waals surface area contributed by atoms with Crippen molar-refractivity contribution in [3.63, 3.8) is 0 Å². The van der Waals surface area contributed by atoms with Crippen LogP contribution in [0.1, 0.15) is 12.8 Å². The van der Waals surface area contributed by atoms with E-state index < -0.39 is 21.2 Å². The lowest BCUT2D eigenvalue weighted by Gasteiger charge is -2.48. The molecule has 1 N–H and O–H groups in total. The second kappa shape index (κ2) is 4.39. The Morgan fingerprint density at radius 1 is 1.25 bits per heavy atom. The zero-order chi connectivity index (χ0) is 14.5. The third kappa shape index (κ3) is 2.09. The standard InChI is InChI=1S/C13H15F2NO3S/c14-12(15)20(18,19)11-4-2-1-3-10(11)16-7-13(17,8-16)9-5-6-9/h1-4,9,12,17H,5-8H2. The van der Waals surface area contributed by atoms with Crippen molar-refractivity contribution in [2.75, 3.05) is 18.0 Å². The van der Waals surface area contributed by atoms with Gasteiger partial charge >= 0.3 is 5.76 Å². The summed E-state index contributed by atoms with van der Waals surface area (Å²) in [7, 11) is -4.63. The number of benzene rings is 1. The van der Waals surface area contributed by atoms with E-state index in [4.69, 9.17) is 0 Å². The molecule has 0 bridgehead atoms. The summed E-state index contributed by atoms with van der Waals surface area (Å²) in [5.41, 5.74) is -0.542. The Morgan fingerprint density at radius 2 is 1.85 bits per heavy atom. The maximum Gasteiger partial charge on any atom is 0.341 e. The van der Waals surface area contributed by atoms with Gasteiger partial charge in [-0.05, 0) is 30.9 Å². The van der Waals surface area contributed by atoms with Crippen LogP contribution < -0.4 is 4.90 Å². The van der Waals surface area contributed by atoms with E-state index in [1.54, 1.807) is 11.0 Å². The molecule has 0 radical (unpaired) electrons. The van der Waals surface area contributed by atoms with E-state index in [2.05, 4.69) is 0 Å². The first-order valence-corrected chi connectivity index (χ1v) is 7.98. The summed E-state index contributed by atoms with van der Waals surface area (Å²) < 4.78 is 48.7. The highest BCUT2D eigenvalue weighted by Gasteiger charge is 2.52. The van der Waals surface area contributed by atoms with Crippen LogP contribution in [-0.2, 0) is 9.84 Å². The molecule has 1 saturated carbocycles. The Balaban J connectivity index is 1.89. The van der Waals surface area contributed by atoms with E-state index in [1.165, 1.54) is 18.2 Å². The zero-order valence-electron chi connectivity index (χ0n) is 10.7. The van der Waals surface area contributed by atoms with Crippen LogP contribution in [0.25, 0.3) is 0 Å². The van der Waals surface area contributed by atoms with Crippen LogP contribution in [0.2, 0.25) is 0 Å². The fourth-order valence-corrected chi connectivity index (χ4v) is 3.67. The van der Waals surface area contributed by atoms with Crippen LogP contribution in [0.4, 0.5) is 14.5 Å². The minimum absolute atomic E-state index is 0.248. The fraction of sp³-hybridized carbons (Fsp3) is 0.538. The van der Waals surface area contributed by atoms with E-state index in [0.717, 1.165) is 12.8 Å². The van der Waals surface area contributed by atoms with Crippen molar-refractivity contribution >= 4 is 15.5 Å². The minimum atomic E-state index is -4.63. The van der Waals surface area contributed by atoms with Crippen molar-refractivity contribution in [2.45, 2.75) is 29.1 Å². The monoisotopic (exact) mass is 303 g/mol. The molecular weight excluding hydrogens is 288 g/mol. The van der Waals surface area contributed by atoms with Crippen LogP contribution >= 0.6 is 0 Å². The van der Waals surface area contributed by atoms with Gasteiger partial charge in [-0.2, -0.15) is 8.78 Å². The number of nitrogens with zero attached hydrogens (tertiary/aromatic N) is 1. The summed E-state index contributed by atoms with van der Waals surface area (Å²) in [4.78, 5) is 1.28. The van der Waals surface area contributed by atoms with Crippen LogP contribution in [0.15, 0.2) is 29.2 Å². The third-order valence-corrected chi connectivity index (χ3v) is 5.44. The fourth-order valence-electron chi connectivity index (χ4n) is 2.72. The molecule has 110 valence electrons.